The largest absolute Gasteiger partial charge is 0.405 e. The highest BCUT2D eigenvalue weighted by Gasteiger charge is 2.29. The summed E-state index contributed by atoms with van der Waals surface area (Å²) in [5.74, 6) is 0. The minimum absolute atomic E-state index is 0.0427. The quantitative estimate of drug-likeness (QED) is 0.787. The summed E-state index contributed by atoms with van der Waals surface area (Å²) in [7, 11) is 1.92. The van der Waals surface area contributed by atoms with E-state index in [1.165, 1.54) is 0 Å². The van der Waals surface area contributed by atoms with Gasteiger partial charge < -0.3 is 5.32 Å². The molecule has 1 aliphatic rings. The Morgan fingerprint density at radius 1 is 1.47 bits per heavy atom. The van der Waals surface area contributed by atoms with E-state index in [0.717, 1.165) is 25.8 Å². The first-order chi connectivity index (χ1) is 6.90. The molecule has 1 rings (SSSR count). The average Bonchev–Trinajstić information content (AvgIpc) is 2.14. The van der Waals surface area contributed by atoms with Crippen LogP contribution in [0.2, 0.25) is 0 Å². The van der Waals surface area contributed by atoms with Crippen molar-refractivity contribution in [2.24, 2.45) is 0 Å². The molecule has 0 unspecified atom stereocenters. The van der Waals surface area contributed by atoms with Gasteiger partial charge in [-0.3, -0.25) is 4.90 Å². The lowest BCUT2D eigenvalue weighted by atomic mass is 10.0. The zero-order valence-electron chi connectivity index (χ0n) is 8.90. The van der Waals surface area contributed by atoms with Gasteiger partial charge >= 0.3 is 6.18 Å². The predicted molar refractivity (Wildman–Crippen MR) is 53.5 cm³/mol. The molecule has 0 aliphatic carbocycles. The molecule has 0 aromatic carbocycles. The third-order valence-electron chi connectivity index (χ3n) is 2.69. The highest BCUT2D eigenvalue weighted by atomic mass is 19.4. The van der Waals surface area contributed by atoms with Crippen molar-refractivity contribution in [1.82, 2.24) is 10.2 Å². The topological polar surface area (TPSA) is 15.3 Å². The summed E-state index contributed by atoms with van der Waals surface area (Å²) >= 11 is 0. The van der Waals surface area contributed by atoms with Gasteiger partial charge in [-0.25, -0.2) is 0 Å². The maximum absolute atomic E-state index is 12.0. The maximum atomic E-state index is 12.0. The van der Waals surface area contributed by atoms with Crippen LogP contribution in [0.15, 0.2) is 12.3 Å². The molecule has 5 heteroatoms. The molecule has 1 N–H and O–H groups in total. The summed E-state index contributed by atoms with van der Waals surface area (Å²) in [5.41, 5.74) is 0.481. The van der Waals surface area contributed by atoms with Gasteiger partial charge in [0.1, 0.15) is 6.54 Å². The van der Waals surface area contributed by atoms with E-state index in [1.807, 2.05) is 7.05 Å². The van der Waals surface area contributed by atoms with Crippen LogP contribution in [0.4, 0.5) is 13.2 Å². The van der Waals surface area contributed by atoms with Crippen molar-refractivity contribution in [3.8, 4) is 0 Å². The summed E-state index contributed by atoms with van der Waals surface area (Å²) in [5, 5.41) is 2.36. The van der Waals surface area contributed by atoms with Gasteiger partial charge in [0.2, 0.25) is 0 Å². The molecule has 0 bridgehead atoms. The number of hydrogen-bond donors (Lipinski definition) is 1. The summed E-state index contributed by atoms with van der Waals surface area (Å²) in [6.07, 6.45) is -1.11. The molecule has 0 saturated carbocycles. The Morgan fingerprint density at radius 2 is 2.13 bits per heavy atom. The molecule has 1 heterocycles. The molecule has 88 valence electrons. The van der Waals surface area contributed by atoms with Gasteiger partial charge in [0.25, 0.3) is 0 Å². The first-order valence-electron chi connectivity index (χ1n) is 5.10. The number of likely N-dealkylation sites (N-methyl/N-ethyl adjacent to an activating group) is 1. The molecule has 0 spiro atoms. The lowest BCUT2D eigenvalue weighted by molar-refractivity contribution is -0.123. The number of nitrogens with zero attached hydrogens (tertiary/aromatic N) is 1. The number of likely N-dealkylation sites (tertiary alicyclic amines) is 1. The summed E-state index contributed by atoms with van der Waals surface area (Å²) in [6.45, 7) is 3.62. The monoisotopic (exact) mass is 222 g/mol. The van der Waals surface area contributed by atoms with Crippen molar-refractivity contribution >= 4 is 0 Å². The molecule has 0 aromatic heterocycles. The van der Waals surface area contributed by atoms with Crippen LogP contribution in [-0.4, -0.2) is 37.3 Å². The number of rotatable bonds is 3. The second-order valence-corrected chi connectivity index (χ2v) is 3.99. The highest BCUT2D eigenvalue weighted by Crippen LogP contribution is 2.20. The Bertz CT molecular complexity index is 225. The Labute approximate surface area is 88.1 Å². The number of alkyl halides is 3. The fourth-order valence-electron chi connectivity index (χ4n) is 1.85. The van der Waals surface area contributed by atoms with Crippen molar-refractivity contribution in [1.29, 1.82) is 0 Å². The van der Waals surface area contributed by atoms with Crippen LogP contribution in [-0.2, 0) is 0 Å². The molecule has 2 nitrogen and oxygen atoms in total. The first-order valence-corrected chi connectivity index (χ1v) is 5.10. The van der Waals surface area contributed by atoms with E-state index in [1.54, 1.807) is 0 Å². The van der Waals surface area contributed by atoms with Crippen LogP contribution in [0.5, 0.6) is 0 Å². The van der Waals surface area contributed by atoms with Gasteiger partial charge in [-0.05, 0) is 26.4 Å². The zero-order chi connectivity index (χ0) is 11.5. The number of piperidine rings is 1. The molecule has 15 heavy (non-hydrogen) atoms. The van der Waals surface area contributed by atoms with Crippen molar-refractivity contribution in [2.75, 3.05) is 20.1 Å². The summed E-state index contributed by atoms with van der Waals surface area (Å²) < 4.78 is 35.9. The van der Waals surface area contributed by atoms with Crippen LogP contribution < -0.4 is 5.32 Å². The zero-order valence-corrected chi connectivity index (χ0v) is 8.90. The van der Waals surface area contributed by atoms with Crippen molar-refractivity contribution < 1.29 is 13.2 Å². The minimum atomic E-state index is -4.17. The average molecular weight is 222 g/mol. The lowest BCUT2D eigenvalue weighted by Crippen LogP contribution is -2.42. The van der Waals surface area contributed by atoms with E-state index < -0.39 is 12.7 Å². The third-order valence-corrected chi connectivity index (χ3v) is 2.69. The smallest absolute Gasteiger partial charge is 0.379 e. The van der Waals surface area contributed by atoms with Crippen molar-refractivity contribution in [3.05, 3.63) is 12.3 Å². The molecular formula is C10H17F3N2. The molecule has 1 atom stereocenters. The molecule has 0 amide bonds. The van der Waals surface area contributed by atoms with Crippen molar-refractivity contribution in [2.45, 2.75) is 31.5 Å². The number of nitrogens with one attached hydrogen (secondary N) is 1. The van der Waals surface area contributed by atoms with Gasteiger partial charge in [0.15, 0.2) is 0 Å². The molecule has 0 aromatic rings. The number of halogens is 3. The van der Waals surface area contributed by atoms with Crippen LogP contribution in [0.1, 0.15) is 19.3 Å². The summed E-state index contributed by atoms with van der Waals surface area (Å²) in [4.78, 5) is 2.05. The second kappa shape index (κ2) is 4.88. The molecule has 1 fully saturated rings. The standard InChI is InChI=1S/C10H17F3N2/c1-8(14-7-10(11,12)13)9-5-3-4-6-15(9)2/h9,14H,1,3-7H2,2H3/t9-/m0/s1. The maximum Gasteiger partial charge on any atom is 0.405 e. The fourth-order valence-corrected chi connectivity index (χ4v) is 1.85. The Balaban J connectivity index is 2.39. The van der Waals surface area contributed by atoms with Crippen LogP contribution >= 0.6 is 0 Å². The second-order valence-electron chi connectivity index (χ2n) is 3.99. The van der Waals surface area contributed by atoms with E-state index in [2.05, 4.69) is 16.8 Å². The van der Waals surface area contributed by atoms with E-state index >= 15 is 0 Å². The van der Waals surface area contributed by atoms with Crippen molar-refractivity contribution in [3.63, 3.8) is 0 Å². The normalized spacial score (nSPS) is 23.9. The lowest BCUT2D eigenvalue weighted by Gasteiger charge is -2.34. The van der Waals surface area contributed by atoms with Gasteiger partial charge in [0.05, 0.1) is 0 Å². The van der Waals surface area contributed by atoms with Crippen LogP contribution in [0, 0.1) is 0 Å². The Hall–Kier alpha value is -0.710. The van der Waals surface area contributed by atoms with E-state index in [4.69, 9.17) is 0 Å². The predicted octanol–water partition coefficient (Wildman–Crippen LogP) is 2.14. The fraction of sp³-hybridized carbons (Fsp3) is 0.800. The first kappa shape index (κ1) is 12.4. The highest BCUT2D eigenvalue weighted by molar-refractivity contribution is 5.05. The third kappa shape index (κ3) is 4.11. The molecule has 1 saturated heterocycles. The Kier molecular flexibility index (Phi) is 4.02. The minimum Gasteiger partial charge on any atom is -0.379 e. The number of hydrogen-bond acceptors (Lipinski definition) is 2. The Morgan fingerprint density at radius 3 is 2.67 bits per heavy atom. The molecule has 0 radical (unpaired) electrons. The SMILES string of the molecule is C=C(NCC(F)(F)F)[C@@H]1CCCCN1C. The molecule has 1 aliphatic heterocycles. The van der Waals surface area contributed by atoms with E-state index in [9.17, 15) is 13.2 Å². The van der Waals surface area contributed by atoms with E-state index in [0.29, 0.717) is 5.70 Å². The van der Waals surface area contributed by atoms with Crippen LogP contribution in [0.25, 0.3) is 0 Å². The van der Waals surface area contributed by atoms with E-state index in [-0.39, 0.29) is 6.04 Å². The molecular weight excluding hydrogens is 205 g/mol. The van der Waals surface area contributed by atoms with Gasteiger partial charge in [0, 0.05) is 11.7 Å². The van der Waals surface area contributed by atoms with Crippen LogP contribution in [0.3, 0.4) is 0 Å². The summed E-state index contributed by atoms with van der Waals surface area (Å²) in [6, 6.07) is 0.0427. The van der Waals surface area contributed by atoms with Gasteiger partial charge in [-0.15, -0.1) is 0 Å². The van der Waals surface area contributed by atoms with Gasteiger partial charge in [-0.2, -0.15) is 13.2 Å². The van der Waals surface area contributed by atoms with Gasteiger partial charge in [-0.1, -0.05) is 13.0 Å².